The molecule has 0 radical (unpaired) electrons. The summed E-state index contributed by atoms with van der Waals surface area (Å²) >= 11 is 1.27. The Morgan fingerprint density at radius 3 is 2.58 bits per heavy atom. The number of aromatic nitrogens is 3. The lowest BCUT2D eigenvalue weighted by Gasteiger charge is -2.35. The zero-order valence-corrected chi connectivity index (χ0v) is 14.4. The van der Waals surface area contributed by atoms with E-state index < -0.39 is 6.43 Å². The number of aryl methyl sites for hydroxylation is 1. The van der Waals surface area contributed by atoms with E-state index in [1.807, 2.05) is 11.8 Å². The Morgan fingerprint density at radius 1 is 1.25 bits per heavy atom. The van der Waals surface area contributed by atoms with Gasteiger partial charge in [-0.25, -0.2) is 18.7 Å². The highest BCUT2D eigenvalue weighted by Crippen LogP contribution is 2.25. The highest BCUT2D eigenvalue weighted by Gasteiger charge is 2.22. The van der Waals surface area contributed by atoms with Crippen LogP contribution in [0, 0.1) is 6.92 Å². The summed E-state index contributed by atoms with van der Waals surface area (Å²) in [6.07, 6.45) is 0.940. The summed E-state index contributed by atoms with van der Waals surface area (Å²) in [6, 6.07) is 1.39. The number of nitrogens with zero attached hydrogens (tertiary/aromatic N) is 5. The summed E-state index contributed by atoms with van der Waals surface area (Å²) in [5.41, 5.74) is 0.863. The number of hydrogen-bond donors (Lipinski definition) is 0. The van der Waals surface area contributed by atoms with Crippen molar-refractivity contribution in [3.8, 4) is 0 Å². The quantitative estimate of drug-likeness (QED) is 0.604. The summed E-state index contributed by atoms with van der Waals surface area (Å²) < 4.78 is 31.1. The van der Waals surface area contributed by atoms with Crippen LogP contribution in [-0.2, 0) is 6.54 Å². The molecule has 2 aromatic rings. The van der Waals surface area contributed by atoms with Crippen LogP contribution in [0.1, 0.15) is 23.4 Å². The van der Waals surface area contributed by atoms with Crippen LogP contribution in [0.5, 0.6) is 0 Å². The number of alkyl halides is 2. The van der Waals surface area contributed by atoms with Gasteiger partial charge in [-0.3, -0.25) is 4.90 Å². The highest BCUT2D eigenvalue weighted by molar-refractivity contribution is 7.98. The van der Waals surface area contributed by atoms with Gasteiger partial charge in [0.25, 0.3) is 6.43 Å². The average molecular weight is 355 g/mol. The molecule has 1 aliphatic heterocycles. The van der Waals surface area contributed by atoms with Gasteiger partial charge in [0.05, 0.1) is 6.20 Å². The largest absolute Gasteiger partial charge is 0.361 e. The molecular weight excluding hydrogens is 336 g/mol. The molecule has 0 aliphatic carbocycles. The molecule has 3 heterocycles. The van der Waals surface area contributed by atoms with E-state index in [0.717, 1.165) is 44.0 Å². The number of hydrogen-bond acceptors (Lipinski definition) is 7. The highest BCUT2D eigenvalue weighted by atomic mass is 32.2. The molecule has 1 saturated heterocycles. The molecule has 9 heteroatoms. The molecule has 3 rings (SSSR count). The van der Waals surface area contributed by atoms with E-state index in [1.54, 1.807) is 12.5 Å². The predicted octanol–water partition coefficient (Wildman–Crippen LogP) is 2.75. The van der Waals surface area contributed by atoms with Crippen LogP contribution in [0.25, 0.3) is 0 Å². The Bertz CT molecular complexity index is 688. The smallest absolute Gasteiger partial charge is 0.280 e. The lowest BCUT2D eigenvalue weighted by Crippen LogP contribution is -2.46. The fourth-order valence-electron chi connectivity index (χ4n) is 2.64. The second kappa shape index (κ2) is 7.43. The van der Waals surface area contributed by atoms with Crippen LogP contribution in [0.4, 0.5) is 14.6 Å². The van der Waals surface area contributed by atoms with Crippen molar-refractivity contribution < 1.29 is 13.3 Å². The van der Waals surface area contributed by atoms with E-state index >= 15 is 0 Å². The number of anilines is 1. The Labute approximate surface area is 143 Å². The fourth-order valence-corrected chi connectivity index (χ4v) is 3.02. The van der Waals surface area contributed by atoms with E-state index in [0.29, 0.717) is 11.0 Å². The Morgan fingerprint density at radius 2 is 2.00 bits per heavy atom. The molecule has 1 fully saturated rings. The van der Waals surface area contributed by atoms with Crippen LogP contribution in [0.2, 0.25) is 0 Å². The zero-order chi connectivity index (χ0) is 17.1. The zero-order valence-electron chi connectivity index (χ0n) is 13.6. The Balaban J connectivity index is 1.66. The normalized spacial score (nSPS) is 16.1. The molecule has 1 aliphatic rings. The van der Waals surface area contributed by atoms with Crippen LogP contribution in [-0.4, -0.2) is 52.5 Å². The molecular formula is C15H19F2N5OS. The molecule has 0 saturated carbocycles. The van der Waals surface area contributed by atoms with Crippen molar-refractivity contribution in [3.63, 3.8) is 0 Å². The number of piperazine rings is 1. The lowest BCUT2D eigenvalue weighted by molar-refractivity contribution is 0.145. The summed E-state index contributed by atoms with van der Waals surface area (Å²) in [5.74, 6) is 1.41. The average Bonchev–Trinajstić information content (AvgIpc) is 3.00. The SMILES string of the molecule is CSc1nc(C(F)F)cc(N2CCN(Cc3cnoc3C)CC2)n1. The predicted molar refractivity (Wildman–Crippen MR) is 87.5 cm³/mol. The summed E-state index contributed by atoms with van der Waals surface area (Å²) in [4.78, 5) is 12.6. The van der Waals surface area contributed by atoms with Gasteiger partial charge in [0.2, 0.25) is 0 Å². The fraction of sp³-hybridized carbons (Fsp3) is 0.533. The van der Waals surface area contributed by atoms with Crippen molar-refractivity contribution >= 4 is 17.6 Å². The molecule has 0 bridgehead atoms. The molecule has 0 unspecified atom stereocenters. The molecule has 2 aromatic heterocycles. The third kappa shape index (κ3) is 3.84. The van der Waals surface area contributed by atoms with E-state index in [4.69, 9.17) is 4.52 Å². The first kappa shape index (κ1) is 17.1. The van der Waals surface area contributed by atoms with Crippen molar-refractivity contribution in [2.24, 2.45) is 0 Å². The molecule has 0 spiro atoms. The maximum Gasteiger partial charge on any atom is 0.280 e. The summed E-state index contributed by atoms with van der Waals surface area (Å²) in [7, 11) is 0. The van der Waals surface area contributed by atoms with Crippen molar-refractivity contribution in [1.82, 2.24) is 20.0 Å². The minimum atomic E-state index is -2.59. The third-order valence-electron chi connectivity index (χ3n) is 4.06. The first-order chi connectivity index (χ1) is 11.6. The standard InChI is InChI=1S/C15H19F2N5OS/c1-10-11(8-18-23-10)9-21-3-5-22(6-4-21)13-7-12(14(16)17)19-15(20-13)24-2/h7-8,14H,3-6,9H2,1-2H3. The Hall–Kier alpha value is -1.74. The minimum absolute atomic E-state index is 0.216. The number of rotatable bonds is 5. The van der Waals surface area contributed by atoms with Gasteiger partial charge in [0, 0.05) is 44.4 Å². The van der Waals surface area contributed by atoms with Gasteiger partial charge in [-0.15, -0.1) is 0 Å². The minimum Gasteiger partial charge on any atom is -0.361 e. The van der Waals surface area contributed by atoms with Crippen molar-refractivity contribution in [1.29, 1.82) is 0 Å². The molecule has 24 heavy (non-hydrogen) atoms. The molecule has 130 valence electrons. The second-order valence-corrected chi connectivity index (χ2v) is 6.38. The van der Waals surface area contributed by atoms with Gasteiger partial charge in [0.15, 0.2) is 5.16 Å². The van der Waals surface area contributed by atoms with Crippen molar-refractivity contribution in [2.45, 2.75) is 25.1 Å². The van der Waals surface area contributed by atoms with Crippen LogP contribution in [0.3, 0.4) is 0 Å². The molecule has 6 nitrogen and oxygen atoms in total. The maximum absolute atomic E-state index is 13.0. The van der Waals surface area contributed by atoms with Gasteiger partial charge in [-0.2, -0.15) is 0 Å². The third-order valence-corrected chi connectivity index (χ3v) is 4.61. The van der Waals surface area contributed by atoms with E-state index in [1.165, 1.54) is 17.8 Å². The second-order valence-electron chi connectivity index (χ2n) is 5.61. The number of halogens is 2. The van der Waals surface area contributed by atoms with Crippen LogP contribution in [0.15, 0.2) is 21.9 Å². The summed E-state index contributed by atoms with van der Waals surface area (Å²) in [5, 5.41) is 4.17. The van der Waals surface area contributed by atoms with Gasteiger partial charge >= 0.3 is 0 Å². The first-order valence-corrected chi connectivity index (χ1v) is 8.88. The summed E-state index contributed by atoms with van der Waals surface area (Å²) in [6.45, 7) is 5.80. The Kier molecular flexibility index (Phi) is 5.30. The van der Waals surface area contributed by atoms with Crippen molar-refractivity contribution in [3.05, 3.63) is 29.3 Å². The molecule has 0 aromatic carbocycles. The van der Waals surface area contributed by atoms with Crippen molar-refractivity contribution in [2.75, 3.05) is 37.3 Å². The first-order valence-electron chi connectivity index (χ1n) is 7.65. The molecule has 0 N–H and O–H groups in total. The molecule has 0 amide bonds. The van der Waals surface area contributed by atoms with Gasteiger partial charge in [0.1, 0.15) is 17.3 Å². The van der Waals surface area contributed by atoms with E-state index in [9.17, 15) is 8.78 Å². The molecule has 0 atom stereocenters. The van der Waals surface area contributed by atoms with Gasteiger partial charge in [-0.05, 0) is 13.2 Å². The topological polar surface area (TPSA) is 58.3 Å². The van der Waals surface area contributed by atoms with Gasteiger partial charge in [-0.1, -0.05) is 16.9 Å². The lowest BCUT2D eigenvalue weighted by atomic mass is 10.2. The monoisotopic (exact) mass is 355 g/mol. The maximum atomic E-state index is 13.0. The van der Waals surface area contributed by atoms with E-state index in [2.05, 4.69) is 20.0 Å². The number of thioether (sulfide) groups is 1. The van der Waals surface area contributed by atoms with E-state index in [-0.39, 0.29) is 5.69 Å². The van der Waals surface area contributed by atoms with Crippen LogP contribution >= 0.6 is 11.8 Å². The van der Waals surface area contributed by atoms with Gasteiger partial charge < -0.3 is 9.42 Å². The van der Waals surface area contributed by atoms with Crippen LogP contribution < -0.4 is 4.90 Å².